The molecule has 0 aromatic carbocycles. The number of hydrogen-bond donors (Lipinski definition) is 0. The number of carbonyl (C=O) groups is 2. The number of ether oxygens (including phenoxy) is 4. The third-order valence-corrected chi connectivity index (χ3v) is 3.26. The monoisotopic (exact) mass is 302 g/mol. The van der Waals surface area contributed by atoms with Crippen LogP contribution in [0.2, 0.25) is 0 Å². The lowest BCUT2D eigenvalue weighted by Crippen LogP contribution is -2.29. The fourth-order valence-corrected chi connectivity index (χ4v) is 1.98. The van der Waals surface area contributed by atoms with Gasteiger partial charge in [-0.2, -0.15) is 0 Å². The van der Waals surface area contributed by atoms with Gasteiger partial charge in [-0.25, -0.2) is 9.59 Å². The van der Waals surface area contributed by atoms with Gasteiger partial charge in [0.25, 0.3) is 0 Å². The molecule has 0 bridgehead atoms. The van der Waals surface area contributed by atoms with Crippen LogP contribution >= 0.6 is 0 Å². The van der Waals surface area contributed by atoms with Crippen molar-refractivity contribution in [2.45, 2.75) is 64.6 Å². The Morgan fingerprint density at radius 1 is 1.24 bits per heavy atom. The van der Waals surface area contributed by atoms with E-state index in [-0.39, 0.29) is 12.7 Å². The van der Waals surface area contributed by atoms with Crippen molar-refractivity contribution in [2.75, 3.05) is 19.8 Å². The summed E-state index contributed by atoms with van der Waals surface area (Å²) in [6.07, 6.45) is 4.11. The van der Waals surface area contributed by atoms with E-state index in [1.807, 2.05) is 0 Å². The van der Waals surface area contributed by atoms with Crippen LogP contribution in [-0.2, 0) is 23.7 Å². The quantitative estimate of drug-likeness (QED) is 0.482. The Morgan fingerprint density at radius 2 is 2.05 bits per heavy atom. The summed E-state index contributed by atoms with van der Waals surface area (Å²) in [4.78, 5) is 23.0. The normalized spacial score (nSPS) is 19.0. The third kappa shape index (κ3) is 7.90. The summed E-state index contributed by atoms with van der Waals surface area (Å²) < 4.78 is 20.1. The fourth-order valence-electron chi connectivity index (χ4n) is 1.98. The van der Waals surface area contributed by atoms with Crippen molar-refractivity contribution in [2.24, 2.45) is 0 Å². The van der Waals surface area contributed by atoms with E-state index in [0.29, 0.717) is 13.2 Å². The van der Waals surface area contributed by atoms with E-state index < -0.39 is 18.2 Å². The van der Waals surface area contributed by atoms with E-state index in [0.717, 1.165) is 38.5 Å². The lowest BCUT2D eigenvalue weighted by atomic mass is 10.2. The van der Waals surface area contributed by atoms with Crippen molar-refractivity contribution >= 4 is 12.1 Å². The van der Waals surface area contributed by atoms with Crippen LogP contribution in [0.5, 0.6) is 0 Å². The summed E-state index contributed by atoms with van der Waals surface area (Å²) in [6.45, 7) is 4.81. The Morgan fingerprint density at radius 3 is 2.71 bits per heavy atom. The molecule has 1 rings (SSSR count). The molecule has 21 heavy (non-hydrogen) atoms. The Labute approximate surface area is 126 Å². The summed E-state index contributed by atoms with van der Waals surface area (Å²) in [7, 11) is 0. The molecule has 1 aliphatic rings. The van der Waals surface area contributed by atoms with E-state index in [2.05, 4.69) is 6.92 Å². The molecule has 6 heteroatoms. The van der Waals surface area contributed by atoms with Crippen LogP contribution < -0.4 is 0 Å². The summed E-state index contributed by atoms with van der Waals surface area (Å²) in [6, 6.07) is 0. The van der Waals surface area contributed by atoms with Crippen LogP contribution in [0, 0.1) is 0 Å². The molecule has 0 aromatic rings. The predicted molar refractivity (Wildman–Crippen MR) is 76.0 cm³/mol. The van der Waals surface area contributed by atoms with Crippen LogP contribution in [0.4, 0.5) is 4.79 Å². The largest absolute Gasteiger partial charge is 0.509 e. The number of unbranched alkanes of at least 4 members (excludes halogenated alkanes) is 3. The van der Waals surface area contributed by atoms with Gasteiger partial charge in [-0.05, 0) is 26.2 Å². The Bertz CT molecular complexity index is 311. The summed E-state index contributed by atoms with van der Waals surface area (Å²) in [5, 5.41) is 0. The number of hydrogen-bond acceptors (Lipinski definition) is 6. The zero-order valence-electron chi connectivity index (χ0n) is 13.0. The molecule has 2 unspecified atom stereocenters. The van der Waals surface area contributed by atoms with Gasteiger partial charge in [-0.15, -0.1) is 0 Å². The second-order valence-electron chi connectivity index (χ2n) is 5.18. The molecular formula is C15H26O6. The lowest BCUT2D eigenvalue weighted by molar-refractivity contribution is -0.157. The van der Waals surface area contributed by atoms with Crippen LogP contribution in [0.3, 0.4) is 0 Å². The van der Waals surface area contributed by atoms with Crippen LogP contribution in [-0.4, -0.2) is 44.2 Å². The van der Waals surface area contributed by atoms with Gasteiger partial charge in [-0.3, -0.25) is 0 Å². The first-order chi connectivity index (χ1) is 10.1. The van der Waals surface area contributed by atoms with Gasteiger partial charge in [0.15, 0.2) is 6.10 Å². The second-order valence-corrected chi connectivity index (χ2v) is 5.18. The van der Waals surface area contributed by atoms with Gasteiger partial charge >= 0.3 is 12.1 Å². The highest BCUT2D eigenvalue weighted by atomic mass is 16.7. The molecule has 0 N–H and O–H groups in total. The molecule has 1 saturated heterocycles. The molecule has 2 atom stereocenters. The summed E-state index contributed by atoms with van der Waals surface area (Å²) in [5.41, 5.74) is 0. The van der Waals surface area contributed by atoms with E-state index in [9.17, 15) is 9.59 Å². The van der Waals surface area contributed by atoms with Crippen molar-refractivity contribution in [3.05, 3.63) is 0 Å². The number of esters is 1. The molecule has 122 valence electrons. The SMILES string of the molecule is CCCCCCOC(=O)OC(C)C(=O)OCC1CCCO1. The van der Waals surface area contributed by atoms with Crippen molar-refractivity contribution in [3.63, 3.8) is 0 Å². The highest BCUT2D eigenvalue weighted by molar-refractivity contribution is 5.77. The zero-order valence-corrected chi connectivity index (χ0v) is 13.0. The maximum atomic E-state index is 11.6. The minimum Gasteiger partial charge on any atom is -0.460 e. The van der Waals surface area contributed by atoms with Gasteiger partial charge in [0, 0.05) is 6.61 Å². The lowest BCUT2D eigenvalue weighted by Gasteiger charge is -2.14. The van der Waals surface area contributed by atoms with Gasteiger partial charge in [0.1, 0.15) is 6.61 Å². The summed E-state index contributed by atoms with van der Waals surface area (Å²) in [5.74, 6) is -0.576. The molecule has 0 spiro atoms. The highest BCUT2D eigenvalue weighted by Gasteiger charge is 2.23. The Balaban J connectivity index is 2.08. The molecule has 0 saturated carbocycles. The third-order valence-electron chi connectivity index (χ3n) is 3.26. The first-order valence-corrected chi connectivity index (χ1v) is 7.75. The average molecular weight is 302 g/mol. The fraction of sp³-hybridized carbons (Fsp3) is 0.867. The van der Waals surface area contributed by atoms with Gasteiger partial charge in [-0.1, -0.05) is 26.2 Å². The predicted octanol–water partition coefficient (Wildman–Crippen LogP) is 2.83. The molecule has 0 radical (unpaired) electrons. The van der Waals surface area contributed by atoms with Crippen LogP contribution in [0.15, 0.2) is 0 Å². The van der Waals surface area contributed by atoms with E-state index in [4.69, 9.17) is 18.9 Å². The number of carbonyl (C=O) groups excluding carboxylic acids is 2. The first kappa shape index (κ1) is 17.8. The second kappa shape index (κ2) is 10.4. The first-order valence-electron chi connectivity index (χ1n) is 7.75. The Kier molecular flexibility index (Phi) is 8.82. The van der Waals surface area contributed by atoms with Crippen LogP contribution in [0.25, 0.3) is 0 Å². The molecule has 0 aromatic heterocycles. The van der Waals surface area contributed by atoms with Crippen molar-refractivity contribution in [1.82, 2.24) is 0 Å². The smallest absolute Gasteiger partial charge is 0.460 e. The minimum absolute atomic E-state index is 0.0355. The van der Waals surface area contributed by atoms with Crippen molar-refractivity contribution in [3.8, 4) is 0 Å². The zero-order chi connectivity index (χ0) is 15.5. The molecule has 0 amide bonds. The molecule has 0 aliphatic carbocycles. The molecular weight excluding hydrogens is 276 g/mol. The maximum absolute atomic E-state index is 11.6. The molecule has 6 nitrogen and oxygen atoms in total. The van der Waals surface area contributed by atoms with Gasteiger partial charge in [0.05, 0.1) is 12.7 Å². The van der Waals surface area contributed by atoms with E-state index in [1.165, 1.54) is 6.92 Å². The molecule has 1 aliphatic heterocycles. The van der Waals surface area contributed by atoms with Crippen molar-refractivity contribution < 1.29 is 28.5 Å². The van der Waals surface area contributed by atoms with Gasteiger partial charge < -0.3 is 18.9 Å². The van der Waals surface area contributed by atoms with Gasteiger partial charge in [0.2, 0.25) is 0 Å². The Hall–Kier alpha value is -1.30. The standard InChI is InChI=1S/C15H26O6/c1-3-4-5-6-9-19-15(17)21-12(2)14(16)20-11-13-8-7-10-18-13/h12-13H,3-11H2,1-2H3. The van der Waals surface area contributed by atoms with E-state index >= 15 is 0 Å². The molecule has 1 fully saturated rings. The van der Waals surface area contributed by atoms with E-state index in [1.54, 1.807) is 0 Å². The van der Waals surface area contributed by atoms with Crippen LogP contribution in [0.1, 0.15) is 52.4 Å². The average Bonchev–Trinajstić information content (AvgIpc) is 2.97. The van der Waals surface area contributed by atoms with Crippen molar-refractivity contribution in [1.29, 1.82) is 0 Å². The maximum Gasteiger partial charge on any atom is 0.509 e. The summed E-state index contributed by atoms with van der Waals surface area (Å²) >= 11 is 0. The minimum atomic E-state index is -0.963. The topological polar surface area (TPSA) is 71.1 Å². The highest BCUT2D eigenvalue weighted by Crippen LogP contribution is 2.12. The molecule has 1 heterocycles. The number of rotatable bonds is 9.